The molecule has 1 fully saturated rings. The fraction of sp³-hybridized carbons (Fsp3) is 0.923. The van der Waals surface area contributed by atoms with Crippen molar-refractivity contribution in [3.63, 3.8) is 0 Å². The molecule has 0 unspecified atom stereocenters. The van der Waals surface area contributed by atoms with E-state index >= 15 is 0 Å². The maximum Gasteiger partial charge on any atom is 0.309 e. The zero-order valence-corrected chi connectivity index (χ0v) is 11.1. The van der Waals surface area contributed by atoms with Crippen molar-refractivity contribution in [1.29, 1.82) is 0 Å². The number of piperidine rings is 1. The van der Waals surface area contributed by atoms with Gasteiger partial charge < -0.3 is 14.7 Å². The molecule has 1 aliphatic rings. The van der Waals surface area contributed by atoms with Crippen LogP contribution in [0.4, 0.5) is 0 Å². The quantitative estimate of drug-likeness (QED) is 0.695. The first kappa shape index (κ1) is 14.5. The minimum absolute atomic E-state index is 0.471. The summed E-state index contributed by atoms with van der Waals surface area (Å²) < 4.78 is 5.45. The average Bonchev–Trinajstić information content (AvgIpc) is 2.35. The first-order valence-electron chi connectivity index (χ1n) is 6.68. The van der Waals surface area contributed by atoms with Gasteiger partial charge in [-0.05, 0) is 38.8 Å². The Labute approximate surface area is 104 Å². The van der Waals surface area contributed by atoms with Crippen LogP contribution in [0.1, 0.15) is 39.5 Å². The molecular weight excluding hydrogens is 218 g/mol. The maximum atomic E-state index is 11.3. The van der Waals surface area contributed by atoms with Crippen LogP contribution in [-0.4, -0.2) is 48.8 Å². The zero-order valence-electron chi connectivity index (χ0n) is 11.1. The van der Waals surface area contributed by atoms with E-state index in [1.165, 1.54) is 0 Å². The van der Waals surface area contributed by atoms with Gasteiger partial charge in [-0.2, -0.15) is 0 Å². The molecule has 0 saturated carbocycles. The fourth-order valence-electron chi connectivity index (χ4n) is 2.36. The molecule has 1 heterocycles. The molecule has 0 spiro atoms. The minimum Gasteiger partial charge on any atom is -0.481 e. The van der Waals surface area contributed by atoms with Gasteiger partial charge in [-0.15, -0.1) is 0 Å². The summed E-state index contributed by atoms with van der Waals surface area (Å²) in [5, 5.41) is 9.28. The van der Waals surface area contributed by atoms with Crippen LogP contribution in [0.3, 0.4) is 0 Å². The number of hydrogen-bond donors (Lipinski definition) is 1. The molecule has 1 saturated heterocycles. The second kappa shape index (κ2) is 6.97. The molecule has 1 N–H and O–H groups in total. The number of hydrogen-bond acceptors (Lipinski definition) is 3. The summed E-state index contributed by atoms with van der Waals surface area (Å²) in [5.74, 6) is -0.623. The number of ether oxygens (including phenoxy) is 1. The molecule has 0 aromatic rings. The molecule has 4 heteroatoms. The highest BCUT2D eigenvalue weighted by Crippen LogP contribution is 2.34. The molecule has 0 aromatic heterocycles. The lowest BCUT2D eigenvalue weighted by Crippen LogP contribution is -2.45. The highest BCUT2D eigenvalue weighted by molar-refractivity contribution is 5.74. The first-order chi connectivity index (χ1) is 8.14. The Morgan fingerprint density at radius 2 is 1.94 bits per heavy atom. The van der Waals surface area contributed by atoms with Gasteiger partial charge in [0.15, 0.2) is 0 Å². The highest BCUT2D eigenvalue weighted by atomic mass is 16.5. The van der Waals surface area contributed by atoms with Crippen molar-refractivity contribution in [2.45, 2.75) is 39.5 Å². The highest BCUT2D eigenvalue weighted by Gasteiger charge is 2.39. The SMILES string of the molecule is CCCOCCN1CCC(CC)(C(=O)O)CC1. The van der Waals surface area contributed by atoms with Crippen molar-refractivity contribution in [3.05, 3.63) is 0 Å². The summed E-state index contributed by atoms with van der Waals surface area (Å²) in [7, 11) is 0. The van der Waals surface area contributed by atoms with E-state index in [0.29, 0.717) is 0 Å². The van der Waals surface area contributed by atoms with E-state index in [0.717, 1.165) is 58.5 Å². The Balaban J connectivity index is 2.27. The summed E-state index contributed by atoms with van der Waals surface area (Å²) in [5.41, 5.74) is -0.471. The Morgan fingerprint density at radius 3 is 2.41 bits per heavy atom. The Bertz CT molecular complexity index is 235. The van der Waals surface area contributed by atoms with Gasteiger partial charge in [0.1, 0.15) is 0 Å². The van der Waals surface area contributed by atoms with Crippen LogP contribution in [0.15, 0.2) is 0 Å². The van der Waals surface area contributed by atoms with E-state index in [1.54, 1.807) is 0 Å². The summed E-state index contributed by atoms with van der Waals surface area (Å²) >= 11 is 0. The van der Waals surface area contributed by atoms with Crippen LogP contribution < -0.4 is 0 Å². The number of rotatable bonds is 7. The molecule has 0 aliphatic carbocycles. The number of likely N-dealkylation sites (tertiary alicyclic amines) is 1. The molecule has 0 bridgehead atoms. The van der Waals surface area contributed by atoms with Crippen LogP contribution in [0.2, 0.25) is 0 Å². The van der Waals surface area contributed by atoms with Gasteiger partial charge in [0.2, 0.25) is 0 Å². The van der Waals surface area contributed by atoms with E-state index in [4.69, 9.17) is 4.74 Å². The second-order valence-corrected chi connectivity index (χ2v) is 4.89. The van der Waals surface area contributed by atoms with Gasteiger partial charge in [0.05, 0.1) is 12.0 Å². The number of aliphatic carboxylic acids is 1. The van der Waals surface area contributed by atoms with E-state index in [2.05, 4.69) is 11.8 Å². The number of carboxylic acid groups (broad SMARTS) is 1. The molecule has 100 valence electrons. The van der Waals surface area contributed by atoms with Crippen LogP contribution in [0.25, 0.3) is 0 Å². The first-order valence-corrected chi connectivity index (χ1v) is 6.68. The molecule has 0 atom stereocenters. The molecular formula is C13H25NO3. The number of carboxylic acids is 1. The third-order valence-corrected chi connectivity index (χ3v) is 3.84. The lowest BCUT2D eigenvalue weighted by atomic mass is 9.76. The van der Waals surface area contributed by atoms with Gasteiger partial charge >= 0.3 is 5.97 Å². The largest absolute Gasteiger partial charge is 0.481 e. The van der Waals surface area contributed by atoms with E-state index in [-0.39, 0.29) is 0 Å². The van der Waals surface area contributed by atoms with Crippen molar-refractivity contribution in [2.24, 2.45) is 5.41 Å². The van der Waals surface area contributed by atoms with Gasteiger partial charge in [-0.3, -0.25) is 4.79 Å². The molecule has 4 nitrogen and oxygen atoms in total. The van der Waals surface area contributed by atoms with Crippen LogP contribution in [-0.2, 0) is 9.53 Å². The lowest BCUT2D eigenvalue weighted by Gasteiger charge is -2.38. The predicted molar refractivity (Wildman–Crippen MR) is 67.1 cm³/mol. The minimum atomic E-state index is -0.623. The van der Waals surface area contributed by atoms with Crippen molar-refractivity contribution in [2.75, 3.05) is 32.8 Å². The topological polar surface area (TPSA) is 49.8 Å². The summed E-state index contributed by atoms with van der Waals surface area (Å²) in [6.07, 6.45) is 3.33. The number of carbonyl (C=O) groups is 1. The average molecular weight is 243 g/mol. The Hall–Kier alpha value is -0.610. The maximum absolute atomic E-state index is 11.3. The van der Waals surface area contributed by atoms with Crippen molar-refractivity contribution in [3.8, 4) is 0 Å². The van der Waals surface area contributed by atoms with Gasteiger partial charge in [0.25, 0.3) is 0 Å². The molecule has 0 radical (unpaired) electrons. The summed E-state index contributed by atoms with van der Waals surface area (Å²) in [6.45, 7) is 8.37. The van der Waals surface area contributed by atoms with Gasteiger partial charge in [0, 0.05) is 13.2 Å². The monoisotopic (exact) mass is 243 g/mol. The summed E-state index contributed by atoms with van der Waals surface area (Å²) in [6, 6.07) is 0. The molecule has 17 heavy (non-hydrogen) atoms. The lowest BCUT2D eigenvalue weighted by molar-refractivity contribution is -0.152. The van der Waals surface area contributed by atoms with Crippen LogP contribution >= 0.6 is 0 Å². The van der Waals surface area contributed by atoms with Crippen molar-refractivity contribution < 1.29 is 14.6 Å². The van der Waals surface area contributed by atoms with Crippen molar-refractivity contribution in [1.82, 2.24) is 4.90 Å². The molecule has 0 aromatic carbocycles. The third-order valence-electron chi connectivity index (χ3n) is 3.84. The van der Waals surface area contributed by atoms with E-state index < -0.39 is 11.4 Å². The Kier molecular flexibility index (Phi) is 5.92. The molecule has 1 rings (SSSR count). The fourth-order valence-corrected chi connectivity index (χ4v) is 2.36. The van der Waals surface area contributed by atoms with Crippen LogP contribution in [0, 0.1) is 5.41 Å². The van der Waals surface area contributed by atoms with Gasteiger partial charge in [-0.25, -0.2) is 0 Å². The molecule has 0 amide bonds. The smallest absolute Gasteiger partial charge is 0.309 e. The third kappa shape index (κ3) is 3.96. The normalized spacial score (nSPS) is 20.4. The molecule has 1 aliphatic heterocycles. The Morgan fingerprint density at radius 1 is 1.29 bits per heavy atom. The van der Waals surface area contributed by atoms with Gasteiger partial charge in [-0.1, -0.05) is 13.8 Å². The zero-order chi connectivity index (χ0) is 12.7. The predicted octanol–water partition coefficient (Wildman–Crippen LogP) is 1.99. The van der Waals surface area contributed by atoms with E-state index in [1.807, 2.05) is 6.92 Å². The summed E-state index contributed by atoms with van der Waals surface area (Å²) in [4.78, 5) is 13.6. The van der Waals surface area contributed by atoms with E-state index in [9.17, 15) is 9.90 Å². The second-order valence-electron chi connectivity index (χ2n) is 4.89. The van der Waals surface area contributed by atoms with Crippen LogP contribution in [0.5, 0.6) is 0 Å². The van der Waals surface area contributed by atoms with Crippen molar-refractivity contribution >= 4 is 5.97 Å². The standard InChI is InChI=1S/C13H25NO3/c1-3-10-17-11-9-14-7-5-13(4-2,6-8-14)12(15)16/h3-11H2,1-2H3,(H,15,16). The number of nitrogens with zero attached hydrogens (tertiary/aromatic N) is 1.